The lowest BCUT2D eigenvalue weighted by Crippen LogP contribution is -2.29. The highest BCUT2D eigenvalue weighted by Gasteiger charge is 2.23. The Hall–Kier alpha value is -1.36. The fraction of sp³-hybridized carbons (Fsp3) is 0.500. The van der Waals surface area contributed by atoms with Crippen molar-refractivity contribution in [1.29, 1.82) is 0 Å². The van der Waals surface area contributed by atoms with E-state index in [1.807, 2.05) is 31.4 Å². The van der Waals surface area contributed by atoms with Gasteiger partial charge in [0.25, 0.3) is 0 Å². The molecule has 1 aromatic heterocycles. The fourth-order valence-corrected chi connectivity index (χ4v) is 2.07. The van der Waals surface area contributed by atoms with Gasteiger partial charge in [0.15, 0.2) is 6.10 Å². The molecule has 0 fully saturated rings. The van der Waals surface area contributed by atoms with E-state index in [-0.39, 0.29) is 12.3 Å². The van der Waals surface area contributed by atoms with Crippen molar-refractivity contribution in [1.82, 2.24) is 0 Å². The Morgan fingerprint density at radius 1 is 1.47 bits per heavy atom. The number of carbonyl (C=O) groups excluding carboxylic acids is 1. The molecule has 0 unspecified atom stereocenters. The Morgan fingerprint density at radius 3 is 2.65 bits per heavy atom. The largest absolute Gasteiger partial charge is 0.479 e. The molecule has 0 radical (unpaired) electrons. The van der Waals surface area contributed by atoms with E-state index in [2.05, 4.69) is 0 Å². The Bertz CT molecular complexity index is 370. The van der Waals surface area contributed by atoms with Crippen molar-refractivity contribution in [2.45, 2.75) is 32.8 Å². The maximum atomic E-state index is 11.5. The van der Waals surface area contributed by atoms with Gasteiger partial charge in [-0.25, -0.2) is 4.79 Å². The number of thiophene rings is 1. The first kappa shape index (κ1) is 13.7. The summed E-state index contributed by atoms with van der Waals surface area (Å²) in [7, 11) is 0. The number of hydrogen-bond acceptors (Lipinski definition) is 4. The molecule has 0 aliphatic rings. The lowest BCUT2D eigenvalue weighted by atomic mass is 10.1. The summed E-state index contributed by atoms with van der Waals surface area (Å²) in [4.78, 5) is 23.3. The van der Waals surface area contributed by atoms with Crippen LogP contribution in [0.3, 0.4) is 0 Å². The molecule has 0 amide bonds. The van der Waals surface area contributed by atoms with Crippen LogP contribution in [0.2, 0.25) is 0 Å². The van der Waals surface area contributed by atoms with Gasteiger partial charge < -0.3 is 9.84 Å². The van der Waals surface area contributed by atoms with Crippen molar-refractivity contribution in [3.63, 3.8) is 0 Å². The van der Waals surface area contributed by atoms with Gasteiger partial charge in [-0.05, 0) is 23.8 Å². The van der Waals surface area contributed by atoms with Crippen molar-refractivity contribution in [3.05, 3.63) is 22.4 Å². The molecule has 1 atom stereocenters. The lowest BCUT2D eigenvalue weighted by Gasteiger charge is -2.15. The van der Waals surface area contributed by atoms with E-state index in [0.717, 1.165) is 4.88 Å². The summed E-state index contributed by atoms with van der Waals surface area (Å²) in [6.07, 6.45) is -0.562. The Labute approximate surface area is 104 Å². The van der Waals surface area contributed by atoms with Crippen LogP contribution in [-0.2, 0) is 20.7 Å². The van der Waals surface area contributed by atoms with Crippen molar-refractivity contribution < 1.29 is 19.4 Å². The van der Waals surface area contributed by atoms with Crippen LogP contribution in [0.5, 0.6) is 0 Å². The lowest BCUT2D eigenvalue weighted by molar-refractivity contribution is -0.164. The van der Waals surface area contributed by atoms with Crippen molar-refractivity contribution in [2.75, 3.05) is 0 Å². The molecule has 4 nitrogen and oxygen atoms in total. The average molecular weight is 256 g/mol. The van der Waals surface area contributed by atoms with E-state index in [9.17, 15) is 9.59 Å². The van der Waals surface area contributed by atoms with E-state index < -0.39 is 18.0 Å². The second kappa shape index (κ2) is 6.39. The maximum Gasteiger partial charge on any atom is 0.345 e. The minimum Gasteiger partial charge on any atom is -0.479 e. The summed E-state index contributed by atoms with van der Waals surface area (Å²) in [6.45, 7) is 3.78. The molecule has 0 saturated carbocycles. The van der Waals surface area contributed by atoms with Crippen LogP contribution in [0.15, 0.2) is 17.5 Å². The number of ether oxygens (including phenoxy) is 1. The summed E-state index contributed by atoms with van der Waals surface area (Å²) in [5.74, 6) is -1.40. The van der Waals surface area contributed by atoms with Crippen LogP contribution < -0.4 is 0 Å². The second-order valence-electron chi connectivity index (χ2n) is 4.20. The molecule has 1 N–H and O–H groups in total. The number of esters is 1. The Balaban J connectivity index is 2.49. The quantitative estimate of drug-likeness (QED) is 0.793. The van der Waals surface area contributed by atoms with Gasteiger partial charge >= 0.3 is 11.9 Å². The molecule has 0 aliphatic heterocycles. The van der Waals surface area contributed by atoms with Gasteiger partial charge in [0.1, 0.15) is 0 Å². The molecule has 1 heterocycles. The SMILES string of the molecule is CC(C)C[C@@H](OC(=O)Cc1cccs1)C(=O)O. The third kappa shape index (κ3) is 4.99. The van der Waals surface area contributed by atoms with Crippen molar-refractivity contribution >= 4 is 23.3 Å². The Kier molecular flexibility index (Phi) is 5.15. The highest BCUT2D eigenvalue weighted by Crippen LogP contribution is 2.13. The van der Waals surface area contributed by atoms with Crippen LogP contribution >= 0.6 is 11.3 Å². The number of carboxylic acids is 1. The summed E-state index contributed by atoms with van der Waals surface area (Å²) in [5.41, 5.74) is 0. The van der Waals surface area contributed by atoms with E-state index in [1.54, 1.807) is 0 Å². The predicted octanol–water partition coefficient (Wildman–Crippen LogP) is 2.33. The van der Waals surface area contributed by atoms with E-state index in [4.69, 9.17) is 9.84 Å². The minimum absolute atomic E-state index is 0.138. The highest BCUT2D eigenvalue weighted by molar-refractivity contribution is 7.10. The zero-order chi connectivity index (χ0) is 12.8. The molecule has 17 heavy (non-hydrogen) atoms. The van der Waals surface area contributed by atoms with Crippen LogP contribution in [0.1, 0.15) is 25.1 Å². The van der Waals surface area contributed by atoms with Crippen LogP contribution in [-0.4, -0.2) is 23.1 Å². The molecule has 5 heteroatoms. The average Bonchev–Trinajstić information content (AvgIpc) is 2.68. The smallest absolute Gasteiger partial charge is 0.345 e. The number of carbonyl (C=O) groups is 2. The predicted molar refractivity (Wildman–Crippen MR) is 65.0 cm³/mol. The van der Waals surface area contributed by atoms with Gasteiger partial charge in [-0.3, -0.25) is 4.79 Å². The van der Waals surface area contributed by atoms with Crippen LogP contribution in [0.4, 0.5) is 0 Å². The summed E-state index contributed by atoms with van der Waals surface area (Å²) in [5, 5.41) is 10.8. The highest BCUT2D eigenvalue weighted by atomic mass is 32.1. The van der Waals surface area contributed by atoms with Crippen molar-refractivity contribution in [2.24, 2.45) is 5.92 Å². The maximum absolute atomic E-state index is 11.5. The third-order valence-electron chi connectivity index (χ3n) is 2.13. The summed E-state index contributed by atoms with van der Waals surface area (Å²) < 4.78 is 4.96. The third-order valence-corrected chi connectivity index (χ3v) is 3.01. The summed E-state index contributed by atoms with van der Waals surface area (Å²) >= 11 is 1.45. The number of aliphatic carboxylic acids is 1. The van der Waals surface area contributed by atoms with Crippen molar-refractivity contribution in [3.8, 4) is 0 Å². The first-order valence-corrected chi connectivity index (χ1v) is 6.31. The Morgan fingerprint density at radius 2 is 2.18 bits per heavy atom. The zero-order valence-corrected chi connectivity index (χ0v) is 10.7. The van der Waals surface area contributed by atoms with Gasteiger partial charge in [0, 0.05) is 4.88 Å². The van der Waals surface area contributed by atoms with Gasteiger partial charge in [0.2, 0.25) is 0 Å². The van der Waals surface area contributed by atoms with Gasteiger partial charge in [-0.15, -0.1) is 11.3 Å². The van der Waals surface area contributed by atoms with Crippen LogP contribution in [0, 0.1) is 5.92 Å². The molecule has 0 aliphatic carbocycles. The van der Waals surface area contributed by atoms with Crippen LogP contribution in [0.25, 0.3) is 0 Å². The second-order valence-corrected chi connectivity index (χ2v) is 5.23. The first-order valence-electron chi connectivity index (χ1n) is 5.43. The number of carboxylic acid groups (broad SMARTS) is 1. The van der Waals surface area contributed by atoms with Gasteiger partial charge in [-0.1, -0.05) is 19.9 Å². The fourth-order valence-electron chi connectivity index (χ4n) is 1.38. The molecular weight excluding hydrogens is 240 g/mol. The normalized spacial score (nSPS) is 12.4. The van der Waals surface area contributed by atoms with E-state index >= 15 is 0 Å². The molecule has 0 saturated heterocycles. The minimum atomic E-state index is -1.08. The topological polar surface area (TPSA) is 63.6 Å². The standard InChI is InChI=1S/C12H16O4S/c1-8(2)6-10(12(14)15)16-11(13)7-9-4-3-5-17-9/h3-5,8,10H,6-7H2,1-2H3,(H,14,15)/t10-/m1/s1. The molecular formula is C12H16O4S. The molecule has 0 aromatic carbocycles. The molecule has 1 aromatic rings. The molecule has 0 bridgehead atoms. The molecule has 0 spiro atoms. The van der Waals surface area contributed by atoms with Gasteiger partial charge in [-0.2, -0.15) is 0 Å². The summed E-state index contributed by atoms with van der Waals surface area (Å²) in [6, 6.07) is 3.67. The number of hydrogen-bond donors (Lipinski definition) is 1. The first-order chi connectivity index (χ1) is 7.99. The molecule has 94 valence electrons. The molecule has 1 rings (SSSR count). The van der Waals surface area contributed by atoms with Gasteiger partial charge in [0.05, 0.1) is 6.42 Å². The van der Waals surface area contributed by atoms with E-state index in [1.165, 1.54) is 11.3 Å². The van der Waals surface area contributed by atoms with E-state index in [0.29, 0.717) is 6.42 Å². The monoisotopic (exact) mass is 256 g/mol. The number of rotatable bonds is 6. The zero-order valence-electron chi connectivity index (χ0n) is 9.88.